The number of aromatic nitrogens is 1. The molecule has 15 heavy (non-hydrogen) atoms. The Morgan fingerprint density at radius 1 is 1.40 bits per heavy atom. The van der Waals surface area contributed by atoms with Crippen LogP contribution in [0.15, 0.2) is 12.1 Å². The fraction of sp³-hybridized carbons (Fsp3) is 0.500. The van der Waals surface area contributed by atoms with Crippen molar-refractivity contribution < 1.29 is 13.9 Å². The van der Waals surface area contributed by atoms with Crippen LogP contribution in [0.4, 0.5) is 8.78 Å². The molecule has 0 aliphatic rings. The number of nitrogens with one attached hydrogen (secondary N) is 1. The second-order valence-corrected chi connectivity index (χ2v) is 3.49. The summed E-state index contributed by atoms with van der Waals surface area (Å²) in [6.07, 6.45) is -0.510. The quantitative estimate of drug-likeness (QED) is 0.747. The van der Waals surface area contributed by atoms with Crippen LogP contribution in [-0.2, 0) is 0 Å². The molecule has 0 aromatic carbocycles. The molecule has 2 atom stereocenters. The van der Waals surface area contributed by atoms with Crippen LogP contribution in [0.3, 0.4) is 0 Å². The van der Waals surface area contributed by atoms with Crippen LogP contribution in [0.1, 0.15) is 25.5 Å². The summed E-state index contributed by atoms with van der Waals surface area (Å²) in [7, 11) is 0. The molecule has 5 heteroatoms. The van der Waals surface area contributed by atoms with E-state index in [1.807, 2.05) is 0 Å². The van der Waals surface area contributed by atoms with E-state index >= 15 is 0 Å². The SMILES string of the molecule is CC(O)CNC(C)c1ccc(F)nc1F. The van der Waals surface area contributed by atoms with Crippen LogP contribution < -0.4 is 5.32 Å². The number of halogens is 2. The minimum atomic E-state index is -0.834. The number of aliphatic hydroxyl groups excluding tert-OH is 1. The summed E-state index contributed by atoms with van der Waals surface area (Å²) in [5.74, 6) is -1.65. The molecule has 1 aromatic heterocycles. The molecule has 2 N–H and O–H groups in total. The van der Waals surface area contributed by atoms with E-state index in [2.05, 4.69) is 10.3 Å². The van der Waals surface area contributed by atoms with E-state index in [9.17, 15) is 8.78 Å². The maximum Gasteiger partial charge on any atom is 0.220 e. The van der Waals surface area contributed by atoms with Gasteiger partial charge in [0, 0.05) is 18.2 Å². The molecule has 0 saturated heterocycles. The lowest BCUT2D eigenvalue weighted by Gasteiger charge is -2.15. The highest BCUT2D eigenvalue weighted by atomic mass is 19.1. The molecule has 1 rings (SSSR count). The van der Waals surface area contributed by atoms with Gasteiger partial charge in [-0.15, -0.1) is 0 Å². The molecule has 0 saturated carbocycles. The van der Waals surface area contributed by atoms with Crippen LogP contribution >= 0.6 is 0 Å². The summed E-state index contributed by atoms with van der Waals surface area (Å²) in [6, 6.07) is 2.14. The zero-order valence-corrected chi connectivity index (χ0v) is 8.67. The first kappa shape index (κ1) is 12.0. The van der Waals surface area contributed by atoms with Gasteiger partial charge in [-0.05, 0) is 26.0 Å². The minimum absolute atomic E-state index is 0.289. The Hall–Kier alpha value is -1.07. The molecule has 0 bridgehead atoms. The van der Waals surface area contributed by atoms with E-state index in [0.29, 0.717) is 6.54 Å². The molecule has 0 fully saturated rings. The van der Waals surface area contributed by atoms with Crippen LogP contribution in [0.5, 0.6) is 0 Å². The first-order valence-corrected chi connectivity index (χ1v) is 4.74. The third-order valence-electron chi connectivity index (χ3n) is 2.03. The fourth-order valence-corrected chi connectivity index (χ4v) is 1.20. The maximum atomic E-state index is 13.2. The van der Waals surface area contributed by atoms with E-state index in [1.54, 1.807) is 13.8 Å². The number of hydrogen-bond donors (Lipinski definition) is 2. The smallest absolute Gasteiger partial charge is 0.220 e. The van der Waals surface area contributed by atoms with Gasteiger partial charge in [0.25, 0.3) is 0 Å². The van der Waals surface area contributed by atoms with Gasteiger partial charge in [0.2, 0.25) is 11.9 Å². The van der Waals surface area contributed by atoms with Gasteiger partial charge in [-0.2, -0.15) is 13.8 Å². The van der Waals surface area contributed by atoms with E-state index in [1.165, 1.54) is 6.07 Å². The highest BCUT2D eigenvalue weighted by molar-refractivity contribution is 5.15. The van der Waals surface area contributed by atoms with Crippen molar-refractivity contribution in [3.05, 3.63) is 29.6 Å². The minimum Gasteiger partial charge on any atom is -0.392 e. The molecule has 0 radical (unpaired) electrons. The predicted octanol–water partition coefficient (Wildman–Crippen LogP) is 1.39. The summed E-state index contributed by atoms with van der Waals surface area (Å²) in [6.45, 7) is 3.69. The van der Waals surface area contributed by atoms with Gasteiger partial charge in [-0.1, -0.05) is 0 Å². The number of aliphatic hydroxyl groups is 1. The normalized spacial score (nSPS) is 15.0. The van der Waals surface area contributed by atoms with Crippen molar-refractivity contribution in [3.63, 3.8) is 0 Å². The Labute approximate surface area is 87.2 Å². The average molecular weight is 216 g/mol. The van der Waals surface area contributed by atoms with Gasteiger partial charge < -0.3 is 10.4 Å². The number of pyridine rings is 1. The Balaban J connectivity index is 2.69. The van der Waals surface area contributed by atoms with E-state index in [4.69, 9.17) is 5.11 Å². The molecule has 84 valence electrons. The molecular formula is C10H14F2N2O. The Bertz CT molecular complexity index is 331. The summed E-state index contributed by atoms with van der Waals surface area (Å²) >= 11 is 0. The average Bonchev–Trinajstić information content (AvgIpc) is 2.14. The van der Waals surface area contributed by atoms with Gasteiger partial charge in [0.15, 0.2) is 0 Å². The molecule has 0 amide bonds. The van der Waals surface area contributed by atoms with Gasteiger partial charge in [0.05, 0.1) is 6.10 Å². The lowest BCUT2D eigenvalue weighted by Crippen LogP contribution is -2.27. The van der Waals surface area contributed by atoms with Gasteiger partial charge in [-0.25, -0.2) is 0 Å². The van der Waals surface area contributed by atoms with Crippen molar-refractivity contribution in [2.45, 2.75) is 26.0 Å². The highest BCUT2D eigenvalue weighted by Gasteiger charge is 2.12. The molecule has 0 spiro atoms. The Morgan fingerprint density at radius 3 is 2.60 bits per heavy atom. The van der Waals surface area contributed by atoms with Gasteiger partial charge in [0.1, 0.15) is 0 Å². The van der Waals surface area contributed by atoms with Crippen LogP contribution in [0, 0.1) is 11.9 Å². The monoisotopic (exact) mass is 216 g/mol. The second kappa shape index (κ2) is 5.14. The first-order chi connectivity index (χ1) is 7.00. The maximum absolute atomic E-state index is 13.2. The van der Waals surface area contributed by atoms with Crippen molar-refractivity contribution in [1.29, 1.82) is 0 Å². The Morgan fingerprint density at radius 2 is 2.07 bits per heavy atom. The van der Waals surface area contributed by atoms with Crippen LogP contribution in [-0.4, -0.2) is 22.7 Å². The molecule has 3 nitrogen and oxygen atoms in total. The molecule has 0 aliphatic carbocycles. The molecule has 1 aromatic rings. The third kappa shape index (κ3) is 3.53. The van der Waals surface area contributed by atoms with Crippen molar-refractivity contribution in [2.24, 2.45) is 0 Å². The standard InChI is InChI=1S/C10H14F2N2O/c1-6(15)5-13-7(2)8-3-4-9(11)14-10(8)12/h3-4,6-7,13,15H,5H2,1-2H3. The summed E-state index contributed by atoms with van der Waals surface area (Å²) in [5, 5.41) is 11.9. The largest absolute Gasteiger partial charge is 0.392 e. The van der Waals surface area contributed by atoms with Gasteiger partial charge in [-0.3, -0.25) is 0 Å². The van der Waals surface area contributed by atoms with E-state index in [0.717, 1.165) is 6.07 Å². The zero-order chi connectivity index (χ0) is 11.4. The number of nitrogens with zero attached hydrogens (tertiary/aromatic N) is 1. The Kier molecular flexibility index (Phi) is 4.11. The molecule has 0 aliphatic heterocycles. The van der Waals surface area contributed by atoms with Crippen molar-refractivity contribution in [2.75, 3.05) is 6.54 Å². The van der Waals surface area contributed by atoms with Crippen LogP contribution in [0.25, 0.3) is 0 Å². The lowest BCUT2D eigenvalue weighted by molar-refractivity contribution is 0.187. The number of hydrogen-bond acceptors (Lipinski definition) is 3. The predicted molar refractivity (Wildman–Crippen MR) is 52.3 cm³/mol. The zero-order valence-electron chi connectivity index (χ0n) is 8.67. The van der Waals surface area contributed by atoms with Crippen molar-refractivity contribution >= 4 is 0 Å². The fourth-order valence-electron chi connectivity index (χ4n) is 1.20. The van der Waals surface area contributed by atoms with Crippen molar-refractivity contribution in [1.82, 2.24) is 10.3 Å². The molecular weight excluding hydrogens is 202 g/mol. The van der Waals surface area contributed by atoms with Crippen molar-refractivity contribution in [3.8, 4) is 0 Å². The molecule has 1 heterocycles. The highest BCUT2D eigenvalue weighted by Crippen LogP contribution is 2.14. The summed E-state index contributed by atoms with van der Waals surface area (Å²) in [4.78, 5) is 3.09. The topological polar surface area (TPSA) is 45.1 Å². The van der Waals surface area contributed by atoms with E-state index < -0.39 is 18.0 Å². The van der Waals surface area contributed by atoms with E-state index in [-0.39, 0.29) is 11.6 Å². The summed E-state index contributed by atoms with van der Waals surface area (Å²) in [5.41, 5.74) is 0.289. The third-order valence-corrected chi connectivity index (χ3v) is 2.03. The lowest BCUT2D eigenvalue weighted by atomic mass is 10.1. The van der Waals surface area contributed by atoms with Gasteiger partial charge >= 0.3 is 0 Å². The first-order valence-electron chi connectivity index (χ1n) is 4.74. The summed E-state index contributed by atoms with van der Waals surface area (Å²) < 4.78 is 25.7. The second-order valence-electron chi connectivity index (χ2n) is 3.49. The molecule has 2 unspecified atom stereocenters. The van der Waals surface area contributed by atoms with Crippen LogP contribution in [0.2, 0.25) is 0 Å². The number of rotatable bonds is 4.